The molecule has 2 aromatic heterocycles. The normalized spacial score (nSPS) is 20.1. The molecular weight excluding hydrogens is 302 g/mol. The van der Waals surface area contributed by atoms with Crippen LogP contribution in [0, 0.1) is 0 Å². The Morgan fingerprint density at radius 1 is 1.41 bits per heavy atom. The van der Waals surface area contributed by atoms with Crippen molar-refractivity contribution in [3.63, 3.8) is 0 Å². The smallest absolute Gasteiger partial charge is 0.246 e. The standard InChI is InChI=1S/C14H19N5O2S/c1-2-18-11-13(9-17-18)22(20,21)19-7-6-16-10-14(19)12-4-3-5-15-8-12/h3-5,8-9,11,14,16H,2,6-7,10H2,1H3. The van der Waals surface area contributed by atoms with Gasteiger partial charge in [0.15, 0.2) is 0 Å². The summed E-state index contributed by atoms with van der Waals surface area (Å²) in [4.78, 5) is 4.34. The molecular formula is C14H19N5O2S. The van der Waals surface area contributed by atoms with Crippen LogP contribution in [0.15, 0.2) is 41.8 Å². The third kappa shape index (κ3) is 2.77. The largest absolute Gasteiger partial charge is 0.313 e. The van der Waals surface area contributed by atoms with E-state index in [0.29, 0.717) is 26.2 Å². The minimum Gasteiger partial charge on any atom is -0.313 e. The first kappa shape index (κ1) is 15.1. The van der Waals surface area contributed by atoms with E-state index in [-0.39, 0.29) is 10.9 Å². The van der Waals surface area contributed by atoms with Gasteiger partial charge in [0.25, 0.3) is 0 Å². The molecule has 2 aromatic rings. The minimum absolute atomic E-state index is 0.241. The van der Waals surface area contributed by atoms with Crippen molar-refractivity contribution >= 4 is 10.0 Å². The predicted octanol–water partition coefficient (Wildman–Crippen LogP) is 0.633. The highest BCUT2D eigenvalue weighted by atomic mass is 32.2. The Hall–Kier alpha value is -1.77. The summed E-state index contributed by atoms with van der Waals surface area (Å²) in [7, 11) is -3.57. The first-order valence-corrected chi connectivity index (χ1v) is 8.72. The average molecular weight is 321 g/mol. The van der Waals surface area contributed by atoms with Crippen LogP contribution in [0.2, 0.25) is 0 Å². The lowest BCUT2D eigenvalue weighted by atomic mass is 10.1. The number of hydrogen-bond acceptors (Lipinski definition) is 5. The van der Waals surface area contributed by atoms with Crippen molar-refractivity contribution in [1.29, 1.82) is 0 Å². The zero-order valence-electron chi connectivity index (χ0n) is 12.4. The van der Waals surface area contributed by atoms with Crippen molar-refractivity contribution in [1.82, 2.24) is 24.4 Å². The summed E-state index contributed by atoms with van der Waals surface area (Å²) in [6, 6.07) is 3.48. The molecule has 0 bridgehead atoms. The molecule has 22 heavy (non-hydrogen) atoms. The van der Waals surface area contributed by atoms with Crippen molar-refractivity contribution in [2.75, 3.05) is 19.6 Å². The molecule has 0 aromatic carbocycles. The lowest BCUT2D eigenvalue weighted by Crippen LogP contribution is -2.48. The monoisotopic (exact) mass is 321 g/mol. The van der Waals surface area contributed by atoms with Crippen molar-refractivity contribution in [2.24, 2.45) is 0 Å². The average Bonchev–Trinajstić information content (AvgIpc) is 3.06. The Kier molecular flexibility index (Phi) is 4.23. The third-order valence-electron chi connectivity index (χ3n) is 3.80. The van der Waals surface area contributed by atoms with Gasteiger partial charge in [-0.05, 0) is 18.6 Å². The highest BCUT2D eigenvalue weighted by Crippen LogP contribution is 2.28. The van der Waals surface area contributed by atoms with Crippen LogP contribution >= 0.6 is 0 Å². The molecule has 7 nitrogen and oxygen atoms in total. The maximum atomic E-state index is 12.9. The van der Waals surface area contributed by atoms with Crippen LogP contribution < -0.4 is 5.32 Å². The van der Waals surface area contributed by atoms with E-state index in [1.807, 2.05) is 19.1 Å². The lowest BCUT2D eigenvalue weighted by molar-refractivity contribution is 0.271. The zero-order valence-corrected chi connectivity index (χ0v) is 13.2. The van der Waals surface area contributed by atoms with Gasteiger partial charge >= 0.3 is 0 Å². The molecule has 0 spiro atoms. The fourth-order valence-corrected chi connectivity index (χ4v) is 4.19. The summed E-state index contributed by atoms with van der Waals surface area (Å²) in [5.74, 6) is 0. The summed E-state index contributed by atoms with van der Waals surface area (Å²) in [6.45, 7) is 4.21. The third-order valence-corrected chi connectivity index (χ3v) is 5.66. The Bertz CT molecular complexity index is 729. The summed E-state index contributed by atoms with van der Waals surface area (Å²) in [5, 5.41) is 7.32. The highest BCUT2D eigenvalue weighted by Gasteiger charge is 2.35. The minimum atomic E-state index is -3.57. The highest BCUT2D eigenvalue weighted by molar-refractivity contribution is 7.89. The molecule has 1 aliphatic heterocycles. The van der Waals surface area contributed by atoms with E-state index in [0.717, 1.165) is 5.56 Å². The topological polar surface area (TPSA) is 80.1 Å². The molecule has 0 aliphatic carbocycles. The Morgan fingerprint density at radius 3 is 2.95 bits per heavy atom. The fourth-order valence-electron chi connectivity index (χ4n) is 2.62. The van der Waals surface area contributed by atoms with Crippen LogP contribution in [0.4, 0.5) is 0 Å². The molecule has 3 rings (SSSR count). The van der Waals surface area contributed by atoms with E-state index in [1.54, 1.807) is 23.3 Å². The van der Waals surface area contributed by atoms with Gasteiger partial charge in [-0.3, -0.25) is 9.67 Å². The van der Waals surface area contributed by atoms with Crippen LogP contribution in [0.25, 0.3) is 0 Å². The second kappa shape index (κ2) is 6.15. The number of aromatic nitrogens is 3. The van der Waals surface area contributed by atoms with Crippen molar-refractivity contribution < 1.29 is 8.42 Å². The Balaban J connectivity index is 1.96. The van der Waals surface area contributed by atoms with E-state index in [1.165, 1.54) is 10.5 Å². The van der Waals surface area contributed by atoms with E-state index in [2.05, 4.69) is 15.4 Å². The zero-order chi connectivity index (χ0) is 15.6. The van der Waals surface area contributed by atoms with Gasteiger partial charge in [-0.15, -0.1) is 0 Å². The van der Waals surface area contributed by atoms with Gasteiger partial charge < -0.3 is 5.32 Å². The molecule has 8 heteroatoms. The SMILES string of the molecule is CCn1cc(S(=O)(=O)N2CCNCC2c2cccnc2)cn1. The molecule has 118 valence electrons. The summed E-state index contributed by atoms with van der Waals surface area (Å²) >= 11 is 0. The quantitative estimate of drug-likeness (QED) is 0.893. The van der Waals surface area contributed by atoms with E-state index in [9.17, 15) is 8.42 Å². The lowest BCUT2D eigenvalue weighted by Gasteiger charge is -2.34. The van der Waals surface area contributed by atoms with Gasteiger partial charge in [0, 0.05) is 44.8 Å². The van der Waals surface area contributed by atoms with Crippen LogP contribution in [-0.2, 0) is 16.6 Å². The Labute approximate surface area is 130 Å². The van der Waals surface area contributed by atoms with Gasteiger partial charge in [-0.25, -0.2) is 8.42 Å². The molecule has 1 N–H and O–H groups in total. The molecule has 0 saturated carbocycles. The molecule has 1 fully saturated rings. The second-order valence-corrected chi connectivity index (χ2v) is 7.04. The number of sulfonamides is 1. The van der Waals surface area contributed by atoms with Crippen LogP contribution in [0.3, 0.4) is 0 Å². The number of aryl methyl sites for hydroxylation is 1. The number of piperazine rings is 1. The molecule has 0 radical (unpaired) electrons. The van der Waals surface area contributed by atoms with Crippen LogP contribution in [0.5, 0.6) is 0 Å². The number of nitrogens with zero attached hydrogens (tertiary/aromatic N) is 4. The van der Waals surface area contributed by atoms with Gasteiger partial charge in [-0.1, -0.05) is 6.07 Å². The molecule has 1 atom stereocenters. The van der Waals surface area contributed by atoms with Gasteiger partial charge in [0.05, 0.1) is 12.2 Å². The maximum absolute atomic E-state index is 12.9. The number of rotatable bonds is 4. The molecule has 1 unspecified atom stereocenters. The molecule has 1 saturated heterocycles. The maximum Gasteiger partial charge on any atom is 0.246 e. The summed E-state index contributed by atoms with van der Waals surface area (Å²) < 4.78 is 29.0. The number of hydrogen-bond donors (Lipinski definition) is 1. The van der Waals surface area contributed by atoms with E-state index >= 15 is 0 Å². The predicted molar refractivity (Wildman–Crippen MR) is 81.6 cm³/mol. The van der Waals surface area contributed by atoms with Crippen molar-refractivity contribution in [2.45, 2.75) is 24.4 Å². The first-order chi connectivity index (χ1) is 10.6. The second-order valence-electron chi connectivity index (χ2n) is 5.15. The summed E-state index contributed by atoms with van der Waals surface area (Å²) in [5.41, 5.74) is 0.890. The van der Waals surface area contributed by atoms with Crippen LogP contribution in [0.1, 0.15) is 18.5 Å². The van der Waals surface area contributed by atoms with Gasteiger partial charge in [0.1, 0.15) is 4.90 Å². The van der Waals surface area contributed by atoms with Gasteiger partial charge in [0.2, 0.25) is 10.0 Å². The molecule has 0 amide bonds. The van der Waals surface area contributed by atoms with E-state index in [4.69, 9.17) is 0 Å². The molecule has 3 heterocycles. The van der Waals surface area contributed by atoms with Crippen molar-refractivity contribution in [3.8, 4) is 0 Å². The van der Waals surface area contributed by atoms with Gasteiger partial charge in [-0.2, -0.15) is 9.40 Å². The summed E-state index contributed by atoms with van der Waals surface area (Å²) in [6.07, 6.45) is 6.40. The number of pyridine rings is 1. The number of nitrogens with one attached hydrogen (secondary N) is 1. The molecule has 1 aliphatic rings. The van der Waals surface area contributed by atoms with Crippen molar-refractivity contribution in [3.05, 3.63) is 42.5 Å². The Morgan fingerprint density at radius 2 is 2.27 bits per heavy atom. The first-order valence-electron chi connectivity index (χ1n) is 7.28. The van der Waals surface area contributed by atoms with Crippen LogP contribution in [-0.4, -0.2) is 47.1 Å². The fraction of sp³-hybridized carbons (Fsp3) is 0.429. The van der Waals surface area contributed by atoms with E-state index < -0.39 is 10.0 Å².